The highest BCUT2D eigenvalue weighted by Crippen LogP contribution is 2.29. The minimum absolute atomic E-state index is 0. The summed E-state index contributed by atoms with van der Waals surface area (Å²) in [7, 11) is 1.93. The second-order valence-corrected chi connectivity index (χ2v) is 5.14. The summed E-state index contributed by atoms with van der Waals surface area (Å²) in [5.74, 6) is 0.210. The summed E-state index contributed by atoms with van der Waals surface area (Å²) >= 11 is 1.73. The largest absolute Gasteiger partial charge is 1.00 e. The molecule has 0 aromatic rings. The van der Waals surface area contributed by atoms with Crippen molar-refractivity contribution in [2.75, 3.05) is 12.9 Å². The molecule has 0 aromatic carbocycles. The monoisotopic (exact) mass is 211 g/mol. The highest BCUT2D eigenvalue weighted by molar-refractivity contribution is 8.00. The molecule has 0 spiro atoms. The smallest absolute Gasteiger partial charge is 0.363 e. The lowest BCUT2D eigenvalue weighted by Gasteiger charge is -2.21. The van der Waals surface area contributed by atoms with Gasteiger partial charge in [-0.2, -0.15) is 0 Å². The first-order chi connectivity index (χ1) is 4.95. The summed E-state index contributed by atoms with van der Waals surface area (Å²) in [6, 6.07) is -0.257. The van der Waals surface area contributed by atoms with Crippen LogP contribution in [0.4, 0.5) is 0 Å². The molecule has 0 amide bonds. The lowest BCUT2D eigenvalue weighted by atomic mass is 10.0. The van der Waals surface area contributed by atoms with Crippen LogP contribution in [0.3, 0.4) is 0 Å². The lowest BCUT2D eigenvalue weighted by molar-refractivity contribution is -0.879. The Labute approximate surface area is 82.9 Å². The number of likely N-dealkylation sites (N-methyl/N-ethyl adjacent to an activating group) is 1. The summed E-state index contributed by atoms with van der Waals surface area (Å²) in [6.45, 7) is 3.99. The van der Waals surface area contributed by atoms with Crippen molar-refractivity contribution in [3.63, 3.8) is 0 Å². The highest BCUT2D eigenvalue weighted by atomic mass is 35.5. The Morgan fingerprint density at radius 3 is 2.33 bits per heavy atom. The van der Waals surface area contributed by atoms with Gasteiger partial charge in [-0.05, 0) is 13.8 Å². The zero-order valence-electron chi connectivity index (χ0n) is 7.43. The molecule has 0 saturated carbocycles. The second kappa shape index (κ2) is 3.85. The van der Waals surface area contributed by atoms with Gasteiger partial charge in [0.15, 0.2) is 0 Å². The van der Waals surface area contributed by atoms with E-state index in [-0.39, 0.29) is 23.2 Å². The summed E-state index contributed by atoms with van der Waals surface area (Å²) in [6.07, 6.45) is 0. The zero-order chi connectivity index (χ0) is 8.65. The first kappa shape index (κ1) is 12.1. The number of nitrogens with one attached hydrogen (secondary N) is 1. The van der Waals surface area contributed by atoms with Crippen LogP contribution >= 0.6 is 11.8 Å². The number of hydrogen-bond donors (Lipinski definition) is 2. The van der Waals surface area contributed by atoms with Crippen molar-refractivity contribution in [3.8, 4) is 0 Å². The molecule has 2 N–H and O–H groups in total. The van der Waals surface area contributed by atoms with E-state index < -0.39 is 5.97 Å². The van der Waals surface area contributed by atoms with Gasteiger partial charge >= 0.3 is 5.97 Å². The van der Waals surface area contributed by atoms with Gasteiger partial charge in [0.1, 0.15) is 5.88 Å². The summed E-state index contributed by atoms with van der Waals surface area (Å²) < 4.78 is -0.115. The third-order valence-electron chi connectivity index (χ3n) is 2.11. The van der Waals surface area contributed by atoms with E-state index in [1.165, 1.54) is 0 Å². The van der Waals surface area contributed by atoms with Crippen LogP contribution in [0.25, 0.3) is 0 Å². The number of rotatable bonds is 1. The number of carboxylic acids is 1. The Hall–Kier alpha value is 0.0700. The molecule has 1 rings (SSSR count). The number of hydrogen-bond acceptors (Lipinski definition) is 2. The molecule has 5 heteroatoms. The van der Waals surface area contributed by atoms with Crippen molar-refractivity contribution >= 4 is 17.7 Å². The molecule has 0 aromatic heterocycles. The van der Waals surface area contributed by atoms with Crippen LogP contribution in [0.2, 0.25) is 0 Å². The fourth-order valence-corrected chi connectivity index (χ4v) is 2.80. The number of quaternary nitrogens is 1. The first-order valence-electron chi connectivity index (χ1n) is 3.64. The number of thioether (sulfide) groups is 1. The van der Waals surface area contributed by atoms with Crippen molar-refractivity contribution in [2.45, 2.75) is 24.6 Å². The van der Waals surface area contributed by atoms with Gasteiger partial charge in [0.05, 0.1) is 11.8 Å². The SMILES string of the molecule is C[NH+]1CSC(C)(C)[C@@H]1C(=O)O.[Cl-]. The van der Waals surface area contributed by atoms with Crippen LogP contribution in [-0.4, -0.2) is 34.8 Å². The van der Waals surface area contributed by atoms with Crippen LogP contribution in [0, 0.1) is 0 Å². The first-order valence-corrected chi connectivity index (χ1v) is 4.63. The minimum Gasteiger partial charge on any atom is -1.00 e. The molecule has 0 aliphatic carbocycles. The molecule has 0 radical (unpaired) electrons. The van der Waals surface area contributed by atoms with Gasteiger partial charge in [-0.1, -0.05) is 11.8 Å². The minimum atomic E-state index is -0.683. The molecule has 1 heterocycles. The van der Waals surface area contributed by atoms with Crippen molar-refractivity contribution in [3.05, 3.63) is 0 Å². The van der Waals surface area contributed by atoms with Crippen LogP contribution < -0.4 is 17.3 Å². The van der Waals surface area contributed by atoms with E-state index in [1.54, 1.807) is 11.8 Å². The fraction of sp³-hybridized carbons (Fsp3) is 0.857. The standard InChI is InChI=1S/C7H13NO2S.ClH/c1-7(2)5(6(9)10)8(3)4-11-7;/h5H,4H2,1-3H3,(H,9,10);1H/t5-;/m0./s1. The molecule has 2 atom stereocenters. The van der Waals surface area contributed by atoms with Gasteiger partial charge in [0.25, 0.3) is 0 Å². The fourth-order valence-electron chi connectivity index (χ4n) is 1.57. The molecule has 1 saturated heterocycles. The van der Waals surface area contributed by atoms with Crippen LogP contribution in [0.1, 0.15) is 13.8 Å². The maximum Gasteiger partial charge on any atom is 0.363 e. The summed E-state index contributed by atoms with van der Waals surface area (Å²) in [5.41, 5.74) is 0. The third-order valence-corrected chi connectivity index (χ3v) is 3.69. The van der Waals surface area contributed by atoms with Gasteiger partial charge < -0.3 is 22.4 Å². The van der Waals surface area contributed by atoms with E-state index in [2.05, 4.69) is 0 Å². The average Bonchev–Trinajstić information content (AvgIpc) is 2.06. The zero-order valence-corrected chi connectivity index (χ0v) is 9.00. The predicted molar refractivity (Wildman–Crippen MR) is 44.8 cm³/mol. The summed E-state index contributed by atoms with van der Waals surface area (Å²) in [4.78, 5) is 11.9. The molecule has 1 fully saturated rings. The van der Waals surface area contributed by atoms with Gasteiger partial charge in [-0.15, -0.1) is 0 Å². The van der Waals surface area contributed by atoms with Crippen molar-refractivity contribution < 1.29 is 27.2 Å². The lowest BCUT2D eigenvalue weighted by Crippen LogP contribution is -3.13. The normalized spacial score (nSPS) is 32.6. The molecule has 1 unspecified atom stereocenters. The number of carboxylic acid groups (broad SMARTS) is 1. The molecule has 1 aliphatic rings. The third kappa shape index (κ3) is 2.06. The topological polar surface area (TPSA) is 41.7 Å². The molecular weight excluding hydrogens is 198 g/mol. The summed E-state index contributed by atoms with van der Waals surface area (Å²) in [5, 5.41) is 8.89. The Kier molecular flexibility index (Phi) is 3.87. The molecule has 3 nitrogen and oxygen atoms in total. The van der Waals surface area contributed by atoms with Gasteiger partial charge in [-0.3, -0.25) is 0 Å². The molecule has 12 heavy (non-hydrogen) atoms. The van der Waals surface area contributed by atoms with E-state index >= 15 is 0 Å². The Bertz CT molecular complexity index is 186. The van der Waals surface area contributed by atoms with Crippen LogP contribution in [0.15, 0.2) is 0 Å². The van der Waals surface area contributed by atoms with Crippen molar-refractivity contribution in [1.29, 1.82) is 0 Å². The maximum absolute atomic E-state index is 10.8. The van der Waals surface area contributed by atoms with E-state index in [9.17, 15) is 4.79 Å². The Morgan fingerprint density at radius 1 is 1.67 bits per heavy atom. The van der Waals surface area contributed by atoms with E-state index in [0.717, 1.165) is 10.8 Å². The Morgan fingerprint density at radius 2 is 2.17 bits per heavy atom. The quantitative estimate of drug-likeness (QED) is 0.472. The average molecular weight is 212 g/mol. The highest BCUT2D eigenvalue weighted by Gasteiger charge is 2.48. The predicted octanol–water partition coefficient (Wildman–Crippen LogP) is -3.56. The van der Waals surface area contributed by atoms with Gasteiger partial charge in [0, 0.05) is 0 Å². The molecule has 0 bridgehead atoms. The van der Waals surface area contributed by atoms with Crippen LogP contribution in [0.5, 0.6) is 0 Å². The number of halogens is 1. The molecule has 72 valence electrons. The Balaban J connectivity index is 0.00000121. The van der Waals surface area contributed by atoms with Crippen molar-refractivity contribution in [1.82, 2.24) is 0 Å². The molecular formula is C7H14ClNO2S. The van der Waals surface area contributed by atoms with Gasteiger partial charge in [0.2, 0.25) is 6.04 Å². The van der Waals surface area contributed by atoms with Gasteiger partial charge in [-0.25, -0.2) is 4.79 Å². The number of aliphatic carboxylic acids is 1. The van der Waals surface area contributed by atoms with E-state index in [0.29, 0.717) is 0 Å². The van der Waals surface area contributed by atoms with E-state index in [4.69, 9.17) is 5.11 Å². The van der Waals surface area contributed by atoms with E-state index in [1.807, 2.05) is 20.9 Å². The maximum atomic E-state index is 10.8. The van der Waals surface area contributed by atoms with Crippen LogP contribution in [-0.2, 0) is 4.79 Å². The van der Waals surface area contributed by atoms with Crippen molar-refractivity contribution in [2.24, 2.45) is 0 Å². The number of carbonyl (C=O) groups is 1. The second-order valence-electron chi connectivity index (χ2n) is 3.51. The molecule has 1 aliphatic heterocycles.